The number of hydrogen-bond donors (Lipinski definition) is 0. The fourth-order valence-electron chi connectivity index (χ4n) is 1.76. The van der Waals surface area contributed by atoms with E-state index in [1.807, 2.05) is 31.2 Å². The van der Waals surface area contributed by atoms with Gasteiger partial charge in [-0.15, -0.1) is 0 Å². The standard InChI is InChI=1S/C14H12Cl/c1-10-6-3-4-8-12(10)14-11(2)7-5-9-13(14)15/h3-6,8-9H,1-2H3. The van der Waals surface area contributed by atoms with Crippen LogP contribution in [-0.2, 0) is 0 Å². The topological polar surface area (TPSA) is 0 Å². The average molecular weight is 216 g/mol. The lowest BCUT2D eigenvalue weighted by molar-refractivity contribution is 1.40. The molecule has 0 aliphatic rings. The second-order valence-electron chi connectivity index (χ2n) is 3.64. The van der Waals surface area contributed by atoms with Gasteiger partial charge in [-0.1, -0.05) is 41.9 Å². The molecule has 1 heteroatoms. The highest BCUT2D eigenvalue weighted by molar-refractivity contribution is 6.33. The summed E-state index contributed by atoms with van der Waals surface area (Å²) in [6, 6.07) is 15.2. The summed E-state index contributed by atoms with van der Waals surface area (Å²) < 4.78 is 0. The van der Waals surface area contributed by atoms with E-state index in [-0.39, 0.29) is 0 Å². The summed E-state index contributed by atoms with van der Waals surface area (Å²) in [5, 5.41) is 0.792. The van der Waals surface area contributed by atoms with Crippen molar-refractivity contribution in [1.29, 1.82) is 0 Å². The predicted octanol–water partition coefficient (Wildman–Crippen LogP) is 4.42. The van der Waals surface area contributed by atoms with Gasteiger partial charge in [0.2, 0.25) is 0 Å². The quantitative estimate of drug-likeness (QED) is 0.661. The molecule has 0 amide bonds. The SMILES string of the molecule is Cc1[c]ccc(Cl)c1-c1ccccc1C. The van der Waals surface area contributed by atoms with Gasteiger partial charge in [-0.2, -0.15) is 0 Å². The molecule has 15 heavy (non-hydrogen) atoms. The van der Waals surface area contributed by atoms with Crippen LogP contribution in [0, 0.1) is 19.9 Å². The van der Waals surface area contributed by atoms with Gasteiger partial charge in [0.25, 0.3) is 0 Å². The van der Waals surface area contributed by atoms with Crippen molar-refractivity contribution in [2.45, 2.75) is 13.8 Å². The summed E-state index contributed by atoms with van der Waals surface area (Å²) in [5.74, 6) is 0. The van der Waals surface area contributed by atoms with Crippen LogP contribution in [-0.4, -0.2) is 0 Å². The first-order chi connectivity index (χ1) is 7.20. The molecule has 0 heterocycles. The minimum Gasteiger partial charge on any atom is -0.0837 e. The number of rotatable bonds is 1. The first-order valence-corrected chi connectivity index (χ1v) is 5.30. The van der Waals surface area contributed by atoms with Crippen LogP contribution in [0.25, 0.3) is 11.1 Å². The largest absolute Gasteiger partial charge is 0.0837 e. The molecule has 2 rings (SSSR count). The third-order valence-corrected chi connectivity index (χ3v) is 2.87. The van der Waals surface area contributed by atoms with Crippen LogP contribution in [0.5, 0.6) is 0 Å². The van der Waals surface area contributed by atoms with E-state index in [4.69, 9.17) is 11.6 Å². The maximum absolute atomic E-state index is 6.22. The van der Waals surface area contributed by atoms with Crippen molar-refractivity contribution < 1.29 is 0 Å². The van der Waals surface area contributed by atoms with Crippen molar-refractivity contribution in [3.8, 4) is 11.1 Å². The Morgan fingerprint density at radius 1 is 1.07 bits per heavy atom. The fraction of sp³-hybridized carbons (Fsp3) is 0.143. The minimum absolute atomic E-state index is 0.792. The van der Waals surface area contributed by atoms with Crippen LogP contribution in [0.3, 0.4) is 0 Å². The van der Waals surface area contributed by atoms with Crippen molar-refractivity contribution >= 4 is 11.6 Å². The first-order valence-electron chi connectivity index (χ1n) is 4.93. The van der Waals surface area contributed by atoms with E-state index in [1.54, 1.807) is 0 Å². The molecule has 0 N–H and O–H groups in total. The molecule has 1 radical (unpaired) electrons. The number of hydrogen-bond acceptors (Lipinski definition) is 0. The van der Waals surface area contributed by atoms with Crippen molar-refractivity contribution in [3.63, 3.8) is 0 Å². The lowest BCUT2D eigenvalue weighted by atomic mass is 9.97. The van der Waals surface area contributed by atoms with Crippen molar-refractivity contribution in [2.75, 3.05) is 0 Å². The van der Waals surface area contributed by atoms with E-state index < -0.39 is 0 Å². The molecule has 2 aromatic carbocycles. The molecule has 75 valence electrons. The smallest absolute Gasteiger partial charge is 0.0487 e. The molecular formula is C14H12Cl. The molecule has 0 saturated carbocycles. The molecule has 0 aliphatic carbocycles. The Hall–Kier alpha value is -1.27. The Labute approximate surface area is 95.5 Å². The average Bonchev–Trinajstić information content (AvgIpc) is 2.20. The van der Waals surface area contributed by atoms with E-state index in [0.29, 0.717) is 0 Å². The van der Waals surface area contributed by atoms with Gasteiger partial charge in [0.15, 0.2) is 0 Å². The van der Waals surface area contributed by atoms with Crippen LogP contribution >= 0.6 is 11.6 Å². The maximum Gasteiger partial charge on any atom is 0.0487 e. The van der Waals surface area contributed by atoms with Gasteiger partial charge in [-0.3, -0.25) is 0 Å². The van der Waals surface area contributed by atoms with Gasteiger partial charge in [0, 0.05) is 10.6 Å². The van der Waals surface area contributed by atoms with Crippen LogP contribution in [0.15, 0.2) is 36.4 Å². The highest BCUT2D eigenvalue weighted by atomic mass is 35.5. The minimum atomic E-state index is 0.792. The summed E-state index contributed by atoms with van der Waals surface area (Å²) in [4.78, 5) is 0. The molecule has 0 atom stereocenters. The predicted molar refractivity (Wildman–Crippen MR) is 65.2 cm³/mol. The first kappa shape index (κ1) is 10.3. The number of benzene rings is 2. The van der Waals surface area contributed by atoms with Crippen molar-refractivity contribution in [3.05, 3.63) is 58.6 Å². The Bertz CT molecular complexity index is 466. The normalized spacial score (nSPS) is 10.3. The Balaban J connectivity index is 2.69. The van der Waals surface area contributed by atoms with E-state index in [0.717, 1.165) is 16.1 Å². The zero-order valence-electron chi connectivity index (χ0n) is 8.84. The van der Waals surface area contributed by atoms with Gasteiger partial charge in [-0.05, 0) is 42.7 Å². The molecule has 0 bridgehead atoms. The zero-order chi connectivity index (χ0) is 10.8. The summed E-state index contributed by atoms with van der Waals surface area (Å²) in [6.07, 6.45) is 0. The van der Waals surface area contributed by atoms with Crippen LogP contribution < -0.4 is 0 Å². The van der Waals surface area contributed by atoms with E-state index in [2.05, 4.69) is 25.1 Å². The molecule has 0 spiro atoms. The van der Waals surface area contributed by atoms with Gasteiger partial charge < -0.3 is 0 Å². The summed E-state index contributed by atoms with van der Waals surface area (Å²) >= 11 is 6.22. The van der Waals surface area contributed by atoms with E-state index in [9.17, 15) is 0 Å². The Morgan fingerprint density at radius 3 is 2.47 bits per heavy atom. The summed E-state index contributed by atoms with van der Waals surface area (Å²) in [6.45, 7) is 4.13. The molecule has 0 fully saturated rings. The zero-order valence-corrected chi connectivity index (χ0v) is 9.60. The molecule has 0 aromatic heterocycles. The molecule has 2 aromatic rings. The number of aryl methyl sites for hydroxylation is 2. The summed E-state index contributed by atoms with van der Waals surface area (Å²) in [7, 11) is 0. The molecule has 0 saturated heterocycles. The third kappa shape index (κ3) is 1.91. The molecule has 0 aliphatic heterocycles. The lowest BCUT2D eigenvalue weighted by Crippen LogP contribution is -1.87. The van der Waals surface area contributed by atoms with Crippen molar-refractivity contribution in [1.82, 2.24) is 0 Å². The lowest BCUT2D eigenvalue weighted by Gasteiger charge is -2.10. The van der Waals surface area contributed by atoms with Gasteiger partial charge >= 0.3 is 0 Å². The van der Waals surface area contributed by atoms with Gasteiger partial charge in [-0.25, -0.2) is 0 Å². The maximum atomic E-state index is 6.22. The second-order valence-corrected chi connectivity index (χ2v) is 4.05. The highest BCUT2D eigenvalue weighted by Crippen LogP contribution is 2.32. The number of halogens is 1. The summed E-state index contributed by atoms with van der Waals surface area (Å²) in [5.41, 5.74) is 4.62. The molecule has 0 unspecified atom stereocenters. The van der Waals surface area contributed by atoms with Crippen LogP contribution in [0.1, 0.15) is 11.1 Å². The molecular weight excluding hydrogens is 204 g/mol. The Kier molecular flexibility index (Phi) is 2.79. The highest BCUT2D eigenvalue weighted by Gasteiger charge is 2.08. The van der Waals surface area contributed by atoms with E-state index >= 15 is 0 Å². The second kappa shape index (κ2) is 4.08. The van der Waals surface area contributed by atoms with Gasteiger partial charge in [0.05, 0.1) is 0 Å². The van der Waals surface area contributed by atoms with Crippen LogP contribution in [0.4, 0.5) is 0 Å². The fourth-order valence-corrected chi connectivity index (χ4v) is 2.07. The Morgan fingerprint density at radius 2 is 1.80 bits per heavy atom. The third-order valence-electron chi connectivity index (χ3n) is 2.56. The monoisotopic (exact) mass is 215 g/mol. The van der Waals surface area contributed by atoms with Crippen molar-refractivity contribution in [2.24, 2.45) is 0 Å². The van der Waals surface area contributed by atoms with Gasteiger partial charge in [0.1, 0.15) is 0 Å². The van der Waals surface area contributed by atoms with E-state index in [1.165, 1.54) is 11.1 Å². The van der Waals surface area contributed by atoms with Crippen LogP contribution in [0.2, 0.25) is 5.02 Å². The molecule has 0 nitrogen and oxygen atoms in total.